The van der Waals surface area contributed by atoms with Crippen molar-refractivity contribution in [3.63, 3.8) is 0 Å². The fourth-order valence-electron chi connectivity index (χ4n) is 2.36. The Balaban J connectivity index is 1.94. The molecule has 1 amide bonds. The van der Waals surface area contributed by atoms with E-state index in [1.807, 2.05) is 0 Å². The molecule has 2 rings (SSSR count). The number of nitriles is 1. The molecule has 0 radical (unpaired) electrons. The van der Waals surface area contributed by atoms with Gasteiger partial charge in [0.05, 0.1) is 16.8 Å². The zero-order chi connectivity index (χ0) is 14.6. The minimum atomic E-state index is -0.677. The molecule has 0 atom stereocenters. The first-order valence-electron chi connectivity index (χ1n) is 6.45. The van der Waals surface area contributed by atoms with Crippen LogP contribution in [0.25, 0.3) is 0 Å². The second kappa shape index (κ2) is 6.38. The summed E-state index contributed by atoms with van der Waals surface area (Å²) in [5, 5.41) is 12.6. The second-order valence-electron chi connectivity index (χ2n) is 4.90. The number of hydrogen-bond donors (Lipinski definition) is 2. The van der Waals surface area contributed by atoms with E-state index in [1.54, 1.807) is 18.2 Å². The van der Waals surface area contributed by atoms with Gasteiger partial charge in [0.2, 0.25) is 5.91 Å². The molecule has 4 nitrogen and oxygen atoms in total. The first kappa shape index (κ1) is 15.0. The maximum Gasteiger partial charge on any atom is 0.231 e. The summed E-state index contributed by atoms with van der Waals surface area (Å²) in [4.78, 5) is 12.7. The van der Waals surface area contributed by atoms with Crippen molar-refractivity contribution in [1.82, 2.24) is 5.32 Å². The Morgan fingerprint density at radius 1 is 1.50 bits per heavy atom. The summed E-state index contributed by atoms with van der Waals surface area (Å²) in [6, 6.07) is 7.50. The van der Waals surface area contributed by atoms with Crippen molar-refractivity contribution < 1.29 is 4.79 Å². The molecule has 20 heavy (non-hydrogen) atoms. The molecule has 6 heteroatoms. The lowest BCUT2D eigenvalue weighted by molar-refractivity contribution is -0.119. The quantitative estimate of drug-likeness (QED) is 0.662. The summed E-state index contributed by atoms with van der Waals surface area (Å²) >= 11 is 7.35. The lowest BCUT2D eigenvalue weighted by Crippen LogP contribution is -2.45. The number of nitrogens with one attached hydrogen (secondary N) is 1. The molecule has 1 saturated carbocycles. The van der Waals surface area contributed by atoms with Crippen LogP contribution in [0.3, 0.4) is 0 Å². The third-order valence-electron chi connectivity index (χ3n) is 3.39. The number of carbonyl (C=O) groups excluding carboxylic acids is 1. The van der Waals surface area contributed by atoms with E-state index in [0.29, 0.717) is 15.6 Å². The van der Waals surface area contributed by atoms with Gasteiger partial charge in [-0.2, -0.15) is 5.26 Å². The highest BCUT2D eigenvalue weighted by Gasteiger charge is 2.35. The van der Waals surface area contributed by atoms with Crippen molar-refractivity contribution in [2.24, 2.45) is 0 Å². The van der Waals surface area contributed by atoms with E-state index in [1.165, 1.54) is 11.8 Å². The Kier molecular flexibility index (Phi) is 4.79. The first-order chi connectivity index (χ1) is 9.56. The van der Waals surface area contributed by atoms with E-state index >= 15 is 0 Å². The van der Waals surface area contributed by atoms with Crippen LogP contribution < -0.4 is 11.1 Å². The van der Waals surface area contributed by atoms with Gasteiger partial charge >= 0.3 is 0 Å². The summed E-state index contributed by atoms with van der Waals surface area (Å²) in [6.45, 7) is 0. The van der Waals surface area contributed by atoms with Crippen LogP contribution in [0, 0.1) is 11.3 Å². The molecule has 0 heterocycles. The standard InChI is InChI=1S/C14H16ClN3OS/c15-10-4-3-5-11(17)13(10)20-8-12(19)18-14(9-16)6-1-2-7-14/h3-5H,1-2,6-8,17H2,(H,18,19). The molecule has 0 aromatic heterocycles. The van der Waals surface area contributed by atoms with Crippen LogP contribution >= 0.6 is 23.4 Å². The summed E-state index contributed by atoms with van der Waals surface area (Å²) in [7, 11) is 0. The highest BCUT2D eigenvalue weighted by Crippen LogP contribution is 2.33. The third-order valence-corrected chi connectivity index (χ3v) is 4.97. The largest absolute Gasteiger partial charge is 0.398 e. The zero-order valence-electron chi connectivity index (χ0n) is 11.0. The number of thioether (sulfide) groups is 1. The number of carbonyl (C=O) groups is 1. The monoisotopic (exact) mass is 309 g/mol. The van der Waals surface area contributed by atoms with Crippen LogP contribution in [0.15, 0.2) is 23.1 Å². The van der Waals surface area contributed by atoms with Gasteiger partial charge in [0.25, 0.3) is 0 Å². The van der Waals surface area contributed by atoms with E-state index in [4.69, 9.17) is 17.3 Å². The summed E-state index contributed by atoms with van der Waals surface area (Å²) in [5.41, 5.74) is 5.72. The Morgan fingerprint density at radius 2 is 2.20 bits per heavy atom. The van der Waals surface area contributed by atoms with Crippen LogP contribution in [0.4, 0.5) is 5.69 Å². The molecular formula is C14H16ClN3OS. The van der Waals surface area contributed by atoms with Gasteiger partial charge in [0, 0.05) is 10.6 Å². The Bertz CT molecular complexity index is 530. The van der Waals surface area contributed by atoms with Crippen molar-refractivity contribution in [2.75, 3.05) is 11.5 Å². The van der Waals surface area contributed by atoms with Crippen LogP contribution in [0.2, 0.25) is 5.02 Å². The van der Waals surface area contributed by atoms with E-state index in [9.17, 15) is 10.1 Å². The van der Waals surface area contributed by atoms with Gasteiger partial charge in [0.15, 0.2) is 0 Å². The topological polar surface area (TPSA) is 78.9 Å². The molecule has 0 unspecified atom stereocenters. The molecule has 1 fully saturated rings. The van der Waals surface area contributed by atoms with Crippen molar-refractivity contribution in [3.8, 4) is 6.07 Å². The summed E-state index contributed by atoms with van der Waals surface area (Å²) < 4.78 is 0. The molecule has 0 spiro atoms. The van der Waals surface area contributed by atoms with Crippen LogP contribution in [0.5, 0.6) is 0 Å². The molecule has 1 aliphatic rings. The average Bonchev–Trinajstić information content (AvgIpc) is 2.87. The van der Waals surface area contributed by atoms with Gasteiger partial charge in [-0.15, -0.1) is 11.8 Å². The number of amides is 1. The van der Waals surface area contributed by atoms with E-state index < -0.39 is 5.54 Å². The third kappa shape index (κ3) is 3.38. The maximum absolute atomic E-state index is 12.0. The number of halogens is 1. The lowest BCUT2D eigenvalue weighted by atomic mass is 10.0. The number of benzene rings is 1. The van der Waals surface area contributed by atoms with Gasteiger partial charge in [-0.05, 0) is 37.8 Å². The van der Waals surface area contributed by atoms with Crippen LogP contribution in [0.1, 0.15) is 25.7 Å². The number of nitrogen functional groups attached to an aromatic ring is 1. The minimum Gasteiger partial charge on any atom is -0.398 e. The summed E-state index contributed by atoms with van der Waals surface area (Å²) in [5.74, 6) is 0.0509. The lowest BCUT2D eigenvalue weighted by Gasteiger charge is -2.21. The first-order valence-corrected chi connectivity index (χ1v) is 7.82. The van der Waals surface area contributed by atoms with Gasteiger partial charge in [0.1, 0.15) is 5.54 Å². The van der Waals surface area contributed by atoms with Crippen molar-refractivity contribution in [2.45, 2.75) is 36.1 Å². The normalized spacial score (nSPS) is 16.6. The highest BCUT2D eigenvalue weighted by atomic mass is 35.5. The Labute approximate surface area is 127 Å². The fourth-order valence-corrected chi connectivity index (χ4v) is 3.50. The summed E-state index contributed by atoms with van der Waals surface area (Å²) in [6.07, 6.45) is 3.43. The molecule has 1 aromatic rings. The van der Waals surface area contributed by atoms with Gasteiger partial charge < -0.3 is 11.1 Å². The van der Waals surface area contributed by atoms with Crippen molar-refractivity contribution in [1.29, 1.82) is 5.26 Å². The molecule has 1 aromatic carbocycles. The van der Waals surface area contributed by atoms with Crippen molar-refractivity contribution in [3.05, 3.63) is 23.2 Å². The van der Waals surface area contributed by atoms with Crippen LogP contribution in [-0.2, 0) is 4.79 Å². The molecule has 0 bridgehead atoms. The van der Waals surface area contributed by atoms with E-state index in [2.05, 4.69) is 11.4 Å². The molecule has 0 aliphatic heterocycles. The average molecular weight is 310 g/mol. The molecule has 0 saturated heterocycles. The fraction of sp³-hybridized carbons (Fsp3) is 0.429. The van der Waals surface area contributed by atoms with Gasteiger partial charge in [-0.1, -0.05) is 17.7 Å². The molecular weight excluding hydrogens is 294 g/mol. The van der Waals surface area contributed by atoms with E-state index in [0.717, 1.165) is 25.7 Å². The highest BCUT2D eigenvalue weighted by molar-refractivity contribution is 8.00. The smallest absolute Gasteiger partial charge is 0.231 e. The maximum atomic E-state index is 12.0. The number of nitrogens with two attached hydrogens (primary N) is 1. The Hall–Kier alpha value is -1.38. The van der Waals surface area contributed by atoms with Crippen molar-refractivity contribution >= 4 is 35.0 Å². The number of anilines is 1. The molecule has 1 aliphatic carbocycles. The minimum absolute atomic E-state index is 0.155. The van der Waals surface area contributed by atoms with Crippen LogP contribution in [-0.4, -0.2) is 17.2 Å². The predicted molar refractivity (Wildman–Crippen MR) is 81.5 cm³/mol. The second-order valence-corrected chi connectivity index (χ2v) is 6.29. The Morgan fingerprint density at radius 3 is 2.80 bits per heavy atom. The number of nitrogens with zero attached hydrogens (tertiary/aromatic N) is 1. The number of hydrogen-bond acceptors (Lipinski definition) is 4. The SMILES string of the molecule is N#CC1(NC(=O)CSc2c(N)cccc2Cl)CCCC1. The molecule has 3 N–H and O–H groups in total. The van der Waals surface area contributed by atoms with Gasteiger partial charge in [-0.25, -0.2) is 0 Å². The molecule has 106 valence electrons. The van der Waals surface area contributed by atoms with Gasteiger partial charge in [-0.3, -0.25) is 4.79 Å². The predicted octanol–water partition coefficient (Wildman–Crippen LogP) is 2.97. The number of rotatable bonds is 4. The zero-order valence-corrected chi connectivity index (χ0v) is 12.6. The van der Waals surface area contributed by atoms with E-state index in [-0.39, 0.29) is 11.7 Å².